The van der Waals surface area contributed by atoms with Crippen LogP contribution in [0.15, 0.2) is 23.1 Å². The molecule has 2 aliphatic rings. The van der Waals surface area contributed by atoms with Crippen LogP contribution in [0.2, 0.25) is 0 Å². The van der Waals surface area contributed by atoms with Crippen molar-refractivity contribution >= 4 is 16.0 Å². The van der Waals surface area contributed by atoms with Crippen LogP contribution in [0.3, 0.4) is 0 Å². The van der Waals surface area contributed by atoms with E-state index in [2.05, 4.69) is 0 Å². The molecule has 0 spiro atoms. The van der Waals surface area contributed by atoms with E-state index in [0.29, 0.717) is 17.7 Å². The molecule has 0 aromatic heterocycles. The predicted octanol–water partition coefficient (Wildman–Crippen LogP) is 1.63. The van der Waals surface area contributed by atoms with E-state index in [0.717, 1.165) is 12.8 Å². The zero-order chi connectivity index (χ0) is 19.1. The number of carboxylic acid groups (broad SMARTS) is 1. The summed E-state index contributed by atoms with van der Waals surface area (Å²) >= 11 is 0. The highest BCUT2D eigenvalue weighted by Crippen LogP contribution is 2.45. The van der Waals surface area contributed by atoms with Gasteiger partial charge in [0.05, 0.1) is 18.1 Å². The van der Waals surface area contributed by atoms with E-state index < -0.39 is 27.5 Å². The Labute approximate surface area is 153 Å². The van der Waals surface area contributed by atoms with E-state index in [1.165, 1.54) is 23.5 Å². The zero-order valence-corrected chi connectivity index (χ0v) is 15.8. The van der Waals surface area contributed by atoms with E-state index in [9.17, 15) is 23.4 Å². The number of piperidine rings is 1. The molecule has 7 nitrogen and oxygen atoms in total. The molecule has 8 heteroatoms. The normalized spacial score (nSPS) is 27.3. The second-order valence-corrected chi connectivity index (χ2v) is 9.32. The fourth-order valence-corrected chi connectivity index (χ4v) is 5.35. The van der Waals surface area contributed by atoms with Crippen LogP contribution in [0.5, 0.6) is 5.75 Å². The van der Waals surface area contributed by atoms with Crippen LogP contribution >= 0.6 is 0 Å². The van der Waals surface area contributed by atoms with Crippen LogP contribution in [0, 0.1) is 18.3 Å². The minimum absolute atomic E-state index is 0.105. The van der Waals surface area contributed by atoms with Crippen LogP contribution in [0.25, 0.3) is 0 Å². The number of hydrogen-bond donors (Lipinski definition) is 2. The van der Waals surface area contributed by atoms with Gasteiger partial charge in [-0.3, -0.25) is 4.79 Å². The fourth-order valence-electron chi connectivity index (χ4n) is 3.74. The number of carbonyl (C=O) groups is 1. The van der Waals surface area contributed by atoms with Crippen molar-refractivity contribution < 1.29 is 28.2 Å². The monoisotopic (exact) mass is 383 g/mol. The molecular weight excluding hydrogens is 358 g/mol. The van der Waals surface area contributed by atoms with Gasteiger partial charge in [0.2, 0.25) is 10.0 Å². The SMILES string of the molecule is COc1ccc(S(=O)(=O)N2CC[C@H](O)[C@@](CC3CC3)(C(=O)O)C2)cc1C. The molecule has 1 aromatic carbocycles. The molecule has 1 aliphatic carbocycles. The Hall–Kier alpha value is -1.64. The molecule has 144 valence electrons. The van der Waals surface area contributed by atoms with Gasteiger partial charge < -0.3 is 14.9 Å². The maximum absolute atomic E-state index is 13.1. The van der Waals surface area contributed by atoms with Gasteiger partial charge in [0.15, 0.2) is 0 Å². The highest BCUT2D eigenvalue weighted by Gasteiger charge is 2.53. The Kier molecular flexibility index (Phi) is 5.02. The number of sulfonamides is 1. The number of benzene rings is 1. The van der Waals surface area contributed by atoms with Crippen LogP contribution in [0.4, 0.5) is 0 Å². The van der Waals surface area contributed by atoms with Gasteiger partial charge in [-0.05, 0) is 49.4 Å². The molecule has 0 amide bonds. The van der Waals surface area contributed by atoms with Crippen molar-refractivity contribution in [3.05, 3.63) is 23.8 Å². The summed E-state index contributed by atoms with van der Waals surface area (Å²) in [7, 11) is -2.33. The van der Waals surface area contributed by atoms with Gasteiger partial charge in [-0.25, -0.2) is 8.42 Å². The number of aliphatic hydroxyl groups excluding tert-OH is 1. The van der Waals surface area contributed by atoms with Gasteiger partial charge >= 0.3 is 5.97 Å². The van der Waals surface area contributed by atoms with Crippen molar-refractivity contribution in [3.8, 4) is 5.75 Å². The molecule has 2 fully saturated rings. The highest BCUT2D eigenvalue weighted by molar-refractivity contribution is 7.89. The molecule has 0 unspecified atom stereocenters. The molecule has 0 radical (unpaired) electrons. The van der Waals surface area contributed by atoms with Crippen molar-refractivity contribution in [3.63, 3.8) is 0 Å². The summed E-state index contributed by atoms with van der Waals surface area (Å²) in [5.41, 5.74) is -0.748. The molecule has 0 bridgehead atoms. The smallest absolute Gasteiger partial charge is 0.313 e. The number of carboxylic acids is 1. The Morgan fingerprint density at radius 3 is 2.58 bits per heavy atom. The number of methoxy groups -OCH3 is 1. The van der Waals surface area contributed by atoms with Gasteiger partial charge in [-0.15, -0.1) is 0 Å². The van der Waals surface area contributed by atoms with Crippen molar-refractivity contribution in [2.75, 3.05) is 20.2 Å². The first-order valence-electron chi connectivity index (χ1n) is 8.77. The quantitative estimate of drug-likeness (QED) is 0.774. The predicted molar refractivity (Wildman–Crippen MR) is 94.5 cm³/mol. The summed E-state index contributed by atoms with van der Waals surface area (Å²) in [5.74, 6) is -0.277. The summed E-state index contributed by atoms with van der Waals surface area (Å²) in [6.45, 7) is 1.66. The highest BCUT2D eigenvalue weighted by atomic mass is 32.2. The van der Waals surface area contributed by atoms with Crippen LogP contribution in [0.1, 0.15) is 31.2 Å². The van der Waals surface area contributed by atoms with Gasteiger partial charge in [0, 0.05) is 13.1 Å². The minimum Gasteiger partial charge on any atom is -0.496 e. The molecule has 1 saturated carbocycles. The Morgan fingerprint density at radius 1 is 1.35 bits per heavy atom. The summed E-state index contributed by atoms with van der Waals surface area (Å²) < 4.78 is 32.5. The largest absolute Gasteiger partial charge is 0.496 e. The van der Waals surface area contributed by atoms with E-state index in [1.807, 2.05) is 0 Å². The summed E-state index contributed by atoms with van der Waals surface area (Å²) in [6.07, 6.45) is 1.27. The number of aliphatic hydroxyl groups is 1. The van der Waals surface area contributed by atoms with E-state index in [4.69, 9.17) is 4.74 Å². The van der Waals surface area contributed by atoms with Crippen molar-refractivity contribution in [1.82, 2.24) is 4.31 Å². The molecule has 1 saturated heterocycles. The third-order valence-electron chi connectivity index (χ3n) is 5.53. The first-order valence-corrected chi connectivity index (χ1v) is 10.2. The van der Waals surface area contributed by atoms with Gasteiger partial charge in [-0.2, -0.15) is 4.31 Å². The van der Waals surface area contributed by atoms with E-state index in [-0.39, 0.29) is 30.3 Å². The van der Waals surface area contributed by atoms with Crippen LogP contribution in [-0.4, -0.2) is 55.2 Å². The number of rotatable bonds is 6. The summed E-state index contributed by atoms with van der Waals surface area (Å²) in [6, 6.07) is 4.59. The van der Waals surface area contributed by atoms with Crippen LogP contribution < -0.4 is 4.74 Å². The topological polar surface area (TPSA) is 104 Å². The first kappa shape index (κ1) is 19.1. The second-order valence-electron chi connectivity index (χ2n) is 7.38. The van der Waals surface area contributed by atoms with Gasteiger partial charge in [0.1, 0.15) is 11.2 Å². The lowest BCUT2D eigenvalue weighted by Crippen LogP contribution is -2.57. The molecule has 1 heterocycles. The summed E-state index contributed by atoms with van der Waals surface area (Å²) in [4.78, 5) is 12.1. The summed E-state index contributed by atoms with van der Waals surface area (Å²) in [5, 5.41) is 20.2. The molecule has 2 atom stereocenters. The molecule has 2 N–H and O–H groups in total. The number of aryl methyl sites for hydroxylation is 1. The Morgan fingerprint density at radius 2 is 2.04 bits per heavy atom. The number of hydrogen-bond acceptors (Lipinski definition) is 5. The van der Waals surface area contributed by atoms with Crippen molar-refractivity contribution in [2.45, 2.75) is 43.6 Å². The fraction of sp³-hybridized carbons (Fsp3) is 0.611. The van der Waals surface area contributed by atoms with Gasteiger partial charge in [0.25, 0.3) is 0 Å². The minimum atomic E-state index is -3.85. The maximum atomic E-state index is 13.1. The lowest BCUT2D eigenvalue weighted by molar-refractivity contribution is -0.162. The van der Waals surface area contributed by atoms with Crippen molar-refractivity contribution in [1.29, 1.82) is 0 Å². The lowest BCUT2D eigenvalue weighted by atomic mass is 9.74. The van der Waals surface area contributed by atoms with E-state index in [1.54, 1.807) is 13.0 Å². The molecule has 26 heavy (non-hydrogen) atoms. The second kappa shape index (κ2) is 6.83. The van der Waals surface area contributed by atoms with Gasteiger partial charge in [-0.1, -0.05) is 12.8 Å². The third kappa shape index (κ3) is 3.33. The average molecular weight is 383 g/mol. The molecule has 1 aromatic rings. The standard InChI is InChI=1S/C18H25NO6S/c1-12-9-14(5-6-15(12)25-2)26(23,24)19-8-7-16(20)18(11-19,17(21)22)10-13-3-4-13/h5-6,9,13,16,20H,3-4,7-8,10-11H2,1-2H3,(H,21,22)/t16-,18-/m0/s1. The third-order valence-corrected chi connectivity index (χ3v) is 7.37. The van der Waals surface area contributed by atoms with Crippen LogP contribution in [-0.2, 0) is 14.8 Å². The van der Waals surface area contributed by atoms with E-state index >= 15 is 0 Å². The van der Waals surface area contributed by atoms with Crippen molar-refractivity contribution in [2.24, 2.45) is 11.3 Å². The Bertz CT molecular complexity index is 804. The number of nitrogens with zero attached hydrogens (tertiary/aromatic N) is 1. The lowest BCUT2D eigenvalue weighted by Gasteiger charge is -2.42. The Balaban J connectivity index is 1.92. The number of aliphatic carboxylic acids is 1. The maximum Gasteiger partial charge on any atom is 0.313 e. The first-order chi connectivity index (χ1) is 12.2. The molecule has 1 aliphatic heterocycles. The average Bonchev–Trinajstić information content (AvgIpc) is 3.40. The number of ether oxygens (including phenoxy) is 1. The molecular formula is C18H25NO6S. The zero-order valence-electron chi connectivity index (χ0n) is 15.0. The molecule has 3 rings (SSSR count).